The van der Waals surface area contributed by atoms with Gasteiger partial charge in [-0.25, -0.2) is 4.98 Å². The molecule has 0 saturated carbocycles. The molecule has 0 radical (unpaired) electrons. The first-order valence-corrected chi connectivity index (χ1v) is 9.36. The van der Waals surface area contributed by atoms with Crippen LogP contribution in [0.15, 0.2) is 66.9 Å². The average Bonchev–Trinajstić information content (AvgIpc) is 2.77. The molecule has 6 nitrogen and oxygen atoms in total. The van der Waals surface area contributed by atoms with E-state index < -0.39 is 11.7 Å². The number of rotatable bonds is 5. The molecule has 1 aliphatic rings. The standard InChI is InChI=1S/C22H17F3N2O4/c23-22(24,25)15-7-10-20(26-11-15)31-16-8-5-14(6-9-16)21(28)27-12-17-13-29-18-3-1-2-4-19(18)30-17/h1-11,17H,12-13H2,(H,27,28). The van der Waals surface area contributed by atoms with Crippen molar-refractivity contribution in [1.29, 1.82) is 0 Å². The van der Waals surface area contributed by atoms with E-state index in [0.717, 1.165) is 12.1 Å². The minimum absolute atomic E-state index is 0.0138. The molecule has 1 unspecified atom stereocenters. The van der Waals surface area contributed by atoms with E-state index in [4.69, 9.17) is 14.2 Å². The number of hydrogen-bond acceptors (Lipinski definition) is 5. The first-order chi connectivity index (χ1) is 14.9. The first kappa shape index (κ1) is 20.5. The van der Waals surface area contributed by atoms with Gasteiger partial charge in [-0.3, -0.25) is 4.79 Å². The van der Waals surface area contributed by atoms with Crippen LogP contribution < -0.4 is 19.5 Å². The fourth-order valence-electron chi connectivity index (χ4n) is 2.88. The predicted molar refractivity (Wildman–Crippen MR) is 104 cm³/mol. The maximum absolute atomic E-state index is 12.6. The van der Waals surface area contributed by atoms with Gasteiger partial charge in [0.25, 0.3) is 5.91 Å². The van der Waals surface area contributed by atoms with Crippen LogP contribution in [-0.2, 0) is 6.18 Å². The number of para-hydroxylation sites is 2. The Hall–Kier alpha value is -3.75. The second-order valence-corrected chi connectivity index (χ2v) is 6.72. The summed E-state index contributed by atoms with van der Waals surface area (Å²) in [4.78, 5) is 16.0. The Morgan fingerprint density at radius 3 is 2.48 bits per heavy atom. The molecule has 0 spiro atoms. The van der Waals surface area contributed by atoms with Crippen LogP contribution in [0, 0.1) is 0 Å². The Kier molecular flexibility index (Phi) is 5.66. The van der Waals surface area contributed by atoms with Crippen molar-refractivity contribution in [2.24, 2.45) is 0 Å². The van der Waals surface area contributed by atoms with E-state index in [9.17, 15) is 18.0 Å². The van der Waals surface area contributed by atoms with Crippen LogP contribution >= 0.6 is 0 Å². The summed E-state index contributed by atoms with van der Waals surface area (Å²) >= 11 is 0. The van der Waals surface area contributed by atoms with E-state index in [-0.39, 0.29) is 24.4 Å². The summed E-state index contributed by atoms with van der Waals surface area (Å²) in [6.07, 6.45) is -4.07. The van der Waals surface area contributed by atoms with E-state index in [1.165, 1.54) is 12.1 Å². The molecule has 1 N–H and O–H groups in total. The number of nitrogens with zero attached hydrogens (tertiary/aromatic N) is 1. The largest absolute Gasteiger partial charge is 0.486 e. The van der Waals surface area contributed by atoms with E-state index in [2.05, 4.69) is 10.3 Å². The van der Waals surface area contributed by atoms with Crippen LogP contribution in [0.1, 0.15) is 15.9 Å². The van der Waals surface area contributed by atoms with Crippen LogP contribution in [0.4, 0.5) is 13.2 Å². The molecule has 2 aromatic carbocycles. The van der Waals surface area contributed by atoms with Gasteiger partial charge in [0.1, 0.15) is 18.5 Å². The number of benzene rings is 2. The number of amides is 1. The van der Waals surface area contributed by atoms with Gasteiger partial charge in [-0.15, -0.1) is 0 Å². The third-order valence-corrected chi connectivity index (χ3v) is 4.46. The van der Waals surface area contributed by atoms with Crippen LogP contribution in [-0.4, -0.2) is 30.1 Å². The molecular weight excluding hydrogens is 413 g/mol. The number of fused-ring (bicyclic) bond motifs is 1. The number of halogens is 3. The Bertz CT molecular complexity index is 1050. The van der Waals surface area contributed by atoms with Crippen LogP contribution in [0.2, 0.25) is 0 Å². The summed E-state index contributed by atoms with van der Waals surface area (Å²) in [6.45, 7) is 0.588. The molecule has 0 bridgehead atoms. The lowest BCUT2D eigenvalue weighted by Crippen LogP contribution is -2.40. The zero-order valence-corrected chi connectivity index (χ0v) is 16.1. The summed E-state index contributed by atoms with van der Waals surface area (Å²) in [5, 5.41) is 2.79. The van der Waals surface area contributed by atoms with Crippen molar-refractivity contribution in [2.75, 3.05) is 13.2 Å². The van der Waals surface area contributed by atoms with Crippen molar-refractivity contribution in [1.82, 2.24) is 10.3 Å². The number of alkyl halides is 3. The first-order valence-electron chi connectivity index (χ1n) is 9.36. The van der Waals surface area contributed by atoms with Gasteiger partial charge in [0.2, 0.25) is 5.88 Å². The molecule has 4 rings (SSSR count). The molecule has 160 valence electrons. The van der Waals surface area contributed by atoms with Crippen LogP contribution in [0.3, 0.4) is 0 Å². The SMILES string of the molecule is O=C(NCC1COc2ccccc2O1)c1ccc(Oc2ccc(C(F)(F)F)cn2)cc1. The number of nitrogens with one attached hydrogen (secondary N) is 1. The van der Waals surface area contributed by atoms with Crippen molar-refractivity contribution >= 4 is 5.91 Å². The molecule has 0 fully saturated rings. The van der Waals surface area contributed by atoms with Crippen LogP contribution in [0.25, 0.3) is 0 Å². The maximum atomic E-state index is 12.6. The molecule has 9 heteroatoms. The zero-order valence-electron chi connectivity index (χ0n) is 16.1. The summed E-state index contributed by atoms with van der Waals surface area (Å²) in [7, 11) is 0. The maximum Gasteiger partial charge on any atom is 0.417 e. The Morgan fingerprint density at radius 1 is 1.06 bits per heavy atom. The summed E-state index contributed by atoms with van der Waals surface area (Å²) in [5.74, 6) is 1.35. The van der Waals surface area contributed by atoms with Gasteiger partial charge < -0.3 is 19.5 Å². The zero-order chi connectivity index (χ0) is 21.8. The van der Waals surface area contributed by atoms with E-state index >= 15 is 0 Å². The highest BCUT2D eigenvalue weighted by Crippen LogP contribution is 2.31. The van der Waals surface area contributed by atoms with Crippen molar-refractivity contribution in [3.63, 3.8) is 0 Å². The van der Waals surface area contributed by atoms with Crippen LogP contribution in [0.5, 0.6) is 23.1 Å². The van der Waals surface area contributed by atoms with Gasteiger partial charge >= 0.3 is 6.18 Å². The molecular formula is C22H17F3N2O4. The van der Waals surface area contributed by atoms with Gasteiger partial charge in [0.15, 0.2) is 11.5 Å². The van der Waals surface area contributed by atoms with Crippen molar-refractivity contribution in [2.45, 2.75) is 12.3 Å². The third kappa shape index (κ3) is 5.06. The molecule has 0 aliphatic carbocycles. The van der Waals surface area contributed by atoms with Gasteiger partial charge in [0, 0.05) is 17.8 Å². The molecule has 1 atom stereocenters. The normalized spacial score (nSPS) is 15.3. The fourth-order valence-corrected chi connectivity index (χ4v) is 2.88. The van der Waals surface area contributed by atoms with Gasteiger partial charge in [-0.1, -0.05) is 12.1 Å². The number of pyridine rings is 1. The fraction of sp³-hybridized carbons (Fsp3) is 0.182. The Labute approximate surface area is 175 Å². The molecule has 31 heavy (non-hydrogen) atoms. The smallest absolute Gasteiger partial charge is 0.417 e. The van der Waals surface area contributed by atoms with E-state index in [1.54, 1.807) is 18.2 Å². The number of carbonyl (C=O) groups excluding carboxylic acids is 1. The van der Waals surface area contributed by atoms with E-state index in [1.807, 2.05) is 18.2 Å². The molecule has 0 saturated heterocycles. The van der Waals surface area contributed by atoms with Gasteiger partial charge in [-0.05, 0) is 42.5 Å². The summed E-state index contributed by atoms with van der Waals surface area (Å²) < 4.78 is 54.6. The Balaban J connectivity index is 1.30. The third-order valence-electron chi connectivity index (χ3n) is 4.46. The molecule has 1 aliphatic heterocycles. The molecule has 2 heterocycles. The highest BCUT2D eigenvalue weighted by atomic mass is 19.4. The van der Waals surface area contributed by atoms with Gasteiger partial charge in [-0.2, -0.15) is 13.2 Å². The summed E-state index contributed by atoms with van der Waals surface area (Å²) in [5.41, 5.74) is -0.465. The van der Waals surface area contributed by atoms with Crippen molar-refractivity contribution < 1.29 is 32.2 Å². The second kappa shape index (κ2) is 8.55. The number of ether oxygens (including phenoxy) is 3. The Morgan fingerprint density at radius 2 is 1.81 bits per heavy atom. The number of hydrogen-bond donors (Lipinski definition) is 1. The van der Waals surface area contributed by atoms with Crippen molar-refractivity contribution in [3.8, 4) is 23.1 Å². The lowest BCUT2D eigenvalue weighted by Gasteiger charge is -2.26. The quantitative estimate of drug-likeness (QED) is 0.647. The molecule has 3 aromatic rings. The second-order valence-electron chi connectivity index (χ2n) is 6.72. The lowest BCUT2D eigenvalue weighted by atomic mass is 10.2. The number of carbonyl (C=O) groups is 1. The minimum Gasteiger partial charge on any atom is -0.486 e. The topological polar surface area (TPSA) is 69.7 Å². The minimum atomic E-state index is -4.46. The van der Waals surface area contributed by atoms with E-state index in [0.29, 0.717) is 35.6 Å². The number of aromatic nitrogens is 1. The molecule has 1 amide bonds. The average molecular weight is 430 g/mol. The highest BCUT2D eigenvalue weighted by Gasteiger charge is 2.30. The van der Waals surface area contributed by atoms with Crippen molar-refractivity contribution in [3.05, 3.63) is 78.0 Å². The predicted octanol–water partition coefficient (Wildman–Crippen LogP) is 4.46. The van der Waals surface area contributed by atoms with Gasteiger partial charge in [0.05, 0.1) is 12.1 Å². The highest BCUT2D eigenvalue weighted by molar-refractivity contribution is 5.94. The lowest BCUT2D eigenvalue weighted by molar-refractivity contribution is -0.137. The monoisotopic (exact) mass is 430 g/mol. The summed E-state index contributed by atoms with van der Waals surface area (Å²) in [6, 6.07) is 15.5. The molecule has 1 aromatic heterocycles.